The number of hydrogen-bond donors (Lipinski definition) is 3. The van der Waals surface area contributed by atoms with Crippen molar-refractivity contribution in [1.29, 1.82) is 0 Å². The topological polar surface area (TPSA) is 117 Å². The number of carboxylic acid groups (broad SMARTS) is 1. The lowest BCUT2D eigenvalue weighted by molar-refractivity contribution is 0.0697. The first-order valence-electron chi connectivity index (χ1n) is 7.56. The third kappa shape index (κ3) is 2.84. The van der Waals surface area contributed by atoms with Crippen molar-refractivity contribution in [3.05, 3.63) is 27.2 Å². The van der Waals surface area contributed by atoms with Crippen LogP contribution >= 0.6 is 27.5 Å². The van der Waals surface area contributed by atoms with Gasteiger partial charge >= 0.3 is 5.97 Å². The second-order valence-corrected chi connectivity index (χ2v) is 7.17. The molecule has 128 valence electrons. The number of anilines is 1. The van der Waals surface area contributed by atoms with Crippen LogP contribution in [0.25, 0.3) is 0 Å². The zero-order valence-electron chi connectivity index (χ0n) is 12.8. The molecule has 1 heterocycles. The molecule has 1 fully saturated rings. The Hall–Kier alpha value is -1.80. The molecule has 0 amide bonds. The zero-order valence-corrected chi connectivity index (χ0v) is 15.1. The number of halogens is 2. The standard InChI is InChI=1S/C15H17BrClN5O2/c16-9-6-8(12(23)24)7-10(17)11(9)22-14(19)20-13(18)21-15(22)4-2-1-3-5-15/h6-7H,1-5H2,(H,23,24)(H4,18,19,20,21). The number of nitrogens with zero attached hydrogens (tertiary/aromatic N) is 3. The van der Waals surface area contributed by atoms with Gasteiger partial charge < -0.3 is 16.6 Å². The number of aromatic carboxylic acids is 1. The highest BCUT2D eigenvalue weighted by atomic mass is 79.9. The van der Waals surface area contributed by atoms with E-state index in [9.17, 15) is 9.90 Å². The maximum absolute atomic E-state index is 11.2. The Morgan fingerprint density at radius 1 is 1.29 bits per heavy atom. The van der Waals surface area contributed by atoms with Gasteiger partial charge in [0, 0.05) is 4.47 Å². The van der Waals surface area contributed by atoms with Gasteiger partial charge in [0.25, 0.3) is 0 Å². The van der Waals surface area contributed by atoms with Crippen LogP contribution in [0.5, 0.6) is 0 Å². The van der Waals surface area contributed by atoms with Gasteiger partial charge in [-0.05, 0) is 53.7 Å². The van der Waals surface area contributed by atoms with Crippen LogP contribution in [-0.2, 0) is 0 Å². The maximum Gasteiger partial charge on any atom is 0.335 e. The summed E-state index contributed by atoms with van der Waals surface area (Å²) < 4.78 is 0.520. The van der Waals surface area contributed by atoms with Crippen LogP contribution in [0.1, 0.15) is 42.5 Å². The minimum atomic E-state index is -1.06. The molecule has 24 heavy (non-hydrogen) atoms. The van der Waals surface area contributed by atoms with Crippen molar-refractivity contribution in [3.63, 3.8) is 0 Å². The molecule has 2 aliphatic rings. The van der Waals surface area contributed by atoms with Crippen LogP contribution in [0.3, 0.4) is 0 Å². The number of nitrogens with two attached hydrogens (primary N) is 2. The Kier molecular flexibility index (Phi) is 4.44. The van der Waals surface area contributed by atoms with Gasteiger partial charge in [0.1, 0.15) is 5.66 Å². The van der Waals surface area contributed by atoms with Crippen molar-refractivity contribution in [1.82, 2.24) is 0 Å². The minimum absolute atomic E-state index is 0.0869. The summed E-state index contributed by atoms with van der Waals surface area (Å²) in [4.78, 5) is 21.7. The lowest BCUT2D eigenvalue weighted by atomic mass is 9.87. The Morgan fingerprint density at radius 2 is 1.96 bits per heavy atom. The molecule has 1 aromatic carbocycles. The predicted octanol–water partition coefficient (Wildman–Crippen LogP) is 2.91. The van der Waals surface area contributed by atoms with Crippen LogP contribution in [0.15, 0.2) is 26.6 Å². The fourth-order valence-electron chi connectivity index (χ4n) is 3.35. The molecule has 0 saturated heterocycles. The third-order valence-electron chi connectivity index (χ3n) is 4.34. The SMILES string of the molecule is NC1=NC2(CCCCC2)N(c2c(Cl)cc(C(=O)O)cc2Br)C(N)=N1. The molecule has 0 unspecified atom stereocenters. The molecule has 0 aromatic heterocycles. The molecule has 9 heteroatoms. The molecule has 0 bridgehead atoms. The Balaban J connectivity index is 2.16. The minimum Gasteiger partial charge on any atom is -0.478 e. The summed E-state index contributed by atoms with van der Waals surface area (Å²) in [6, 6.07) is 2.89. The van der Waals surface area contributed by atoms with E-state index in [4.69, 9.17) is 23.1 Å². The summed E-state index contributed by atoms with van der Waals surface area (Å²) in [7, 11) is 0. The summed E-state index contributed by atoms with van der Waals surface area (Å²) in [5, 5.41) is 9.45. The van der Waals surface area contributed by atoms with Gasteiger partial charge in [0.05, 0.1) is 16.3 Å². The van der Waals surface area contributed by atoms with Crippen molar-refractivity contribution in [2.45, 2.75) is 37.8 Å². The average molecular weight is 415 g/mol. The first-order chi connectivity index (χ1) is 11.3. The van der Waals surface area contributed by atoms with E-state index >= 15 is 0 Å². The summed E-state index contributed by atoms with van der Waals surface area (Å²) in [5.74, 6) is -0.700. The van der Waals surface area contributed by atoms with E-state index in [0.717, 1.165) is 32.1 Å². The van der Waals surface area contributed by atoms with E-state index in [-0.39, 0.29) is 22.5 Å². The van der Waals surface area contributed by atoms with Crippen molar-refractivity contribution in [2.24, 2.45) is 21.5 Å². The van der Waals surface area contributed by atoms with Crippen molar-refractivity contribution < 1.29 is 9.90 Å². The summed E-state index contributed by atoms with van der Waals surface area (Å²) in [5.41, 5.74) is 12.0. The summed E-state index contributed by atoms with van der Waals surface area (Å²) >= 11 is 9.81. The number of hydrogen-bond acceptors (Lipinski definition) is 6. The van der Waals surface area contributed by atoms with Gasteiger partial charge in [-0.25, -0.2) is 9.79 Å². The predicted molar refractivity (Wildman–Crippen MR) is 97.7 cm³/mol. The van der Waals surface area contributed by atoms with Gasteiger partial charge in [-0.3, -0.25) is 4.90 Å². The number of rotatable bonds is 2. The highest BCUT2D eigenvalue weighted by molar-refractivity contribution is 9.10. The van der Waals surface area contributed by atoms with Crippen molar-refractivity contribution >= 4 is 51.1 Å². The van der Waals surface area contributed by atoms with Gasteiger partial charge in [-0.2, -0.15) is 4.99 Å². The number of aliphatic imine (C=N–C) groups is 2. The van der Waals surface area contributed by atoms with Gasteiger partial charge in [-0.15, -0.1) is 0 Å². The number of carboxylic acids is 1. The molecule has 0 radical (unpaired) electrons. The zero-order chi connectivity index (χ0) is 17.5. The number of carbonyl (C=O) groups is 1. The van der Waals surface area contributed by atoms with Crippen molar-refractivity contribution in [2.75, 3.05) is 4.90 Å². The molecule has 1 spiro atoms. The summed E-state index contributed by atoms with van der Waals surface area (Å²) in [6.45, 7) is 0. The average Bonchev–Trinajstić information content (AvgIpc) is 2.49. The largest absolute Gasteiger partial charge is 0.478 e. The monoisotopic (exact) mass is 413 g/mol. The Bertz CT molecular complexity index is 735. The molecule has 1 aliphatic heterocycles. The Labute approximate surface area is 152 Å². The van der Waals surface area contributed by atoms with Crippen LogP contribution < -0.4 is 16.4 Å². The molecule has 1 saturated carbocycles. The number of guanidine groups is 2. The Morgan fingerprint density at radius 3 is 2.54 bits per heavy atom. The normalized spacial score (nSPS) is 19.8. The van der Waals surface area contributed by atoms with Crippen LogP contribution in [0.4, 0.5) is 5.69 Å². The maximum atomic E-state index is 11.2. The highest BCUT2D eigenvalue weighted by Gasteiger charge is 2.44. The van der Waals surface area contributed by atoms with E-state index in [1.807, 2.05) is 0 Å². The lowest BCUT2D eigenvalue weighted by Gasteiger charge is -2.46. The molecule has 5 N–H and O–H groups in total. The smallest absolute Gasteiger partial charge is 0.335 e. The van der Waals surface area contributed by atoms with Crippen LogP contribution in [0, 0.1) is 0 Å². The summed E-state index contributed by atoms with van der Waals surface area (Å²) in [6.07, 6.45) is 4.64. The van der Waals surface area contributed by atoms with E-state index in [1.54, 1.807) is 4.90 Å². The van der Waals surface area contributed by atoms with E-state index in [1.165, 1.54) is 12.1 Å². The first-order valence-corrected chi connectivity index (χ1v) is 8.73. The molecule has 1 aliphatic carbocycles. The van der Waals surface area contributed by atoms with Gasteiger partial charge in [0.2, 0.25) is 11.9 Å². The number of benzene rings is 1. The molecular weight excluding hydrogens is 398 g/mol. The molecule has 0 atom stereocenters. The quantitative estimate of drug-likeness (QED) is 0.688. The fourth-order valence-corrected chi connectivity index (χ4v) is 4.40. The van der Waals surface area contributed by atoms with Gasteiger partial charge in [-0.1, -0.05) is 18.0 Å². The van der Waals surface area contributed by atoms with E-state index in [2.05, 4.69) is 25.9 Å². The van der Waals surface area contributed by atoms with E-state index in [0.29, 0.717) is 10.2 Å². The van der Waals surface area contributed by atoms with Gasteiger partial charge in [0.15, 0.2) is 0 Å². The second-order valence-electron chi connectivity index (χ2n) is 5.91. The van der Waals surface area contributed by atoms with Crippen LogP contribution in [-0.4, -0.2) is 28.7 Å². The van der Waals surface area contributed by atoms with E-state index < -0.39 is 11.6 Å². The fraction of sp³-hybridized carbons (Fsp3) is 0.400. The third-order valence-corrected chi connectivity index (χ3v) is 5.23. The molecular formula is C15H17BrClN5O2. The van der Waals surface area contributed by atoms with Crippen LogP contribution in [0.2, 0.25) is 5.02 Å². The highest BCUT2D eigenvalue weighted by Crippen LogP contribution is 2.45. The molecule has 1 aromatic rings. The second kappa shape index (κ2) is 6.25. The first kappa shape index (κ1) is 17.0. The molecule has 3 rings (SSSR count). The lowest BCUT2D eigenvalue weighted by Crippen LogP contribution is -2.58. The molecule has 7 nitrogen and oxygen atoms in total. The van der Waals surface area contributed by atoms with Crippen molar-refractivity contribution in [3.8, 4) is 0 Å².